The molecule has 0 unspecified atom stereocenters. The standard InChI is InChI=1S/C84H56F2N2O4S/c1-89-55-37-29-51(30-38-55)83(52-31-39-56(90-2)40-32-52)69-21-9-5-17-63(69)75-65(19-13-23-71(75)83)81-79-80(88-78-68-48-50(60-16-8-12-26-74(60)86)28-46-62(68)61-45-27-49(47-67(61)77(78)87-79)59-15-7-11-25-73(59)85)82(93-81)66-20-14-24-72-76(66)64-18-6-10-22-70(64)84(72,53-33-41-57(91-3)42-34-53)54-35-43-58(92-4)44-36-54/h5-48H,1-4H3. The van der Waals surface area contributed by atoms with Gasteiger partial charge in [0, 0.05) is 33.0 Å². The molecule has 446 valence electrons. The Labute approximate surface area is 540 Å². The Morgan fingerprint density at radius 2 is 0.602 bits per heavy atom. The molecule has 0 fully saturated rings. The topological polar surface area (TPSA) is 62.7 Å². The first-order valence-corrected chi connectivity index (χ1v) is 31.8. The highest BCUT2D eigenvalue weighted by Crippen LogP contribution is 2.63. The lowest BCUT2D eigenvalue weighted by atomic mass is 9.67. The zero-order valence-electron chi connectivity index (χ0n) is 51.1. The second-order valence-corrected chi connectivity index (χ2v) is 24.8. The molecular weight excluding hydrogens is 1170 g/mol. The van der Waals surface area contributed by atoms with E-state index in [-0.39, 0.29) is 11.6 Å². The number of halogens is 2. The molecule has 0 radical (unpaired) electrons. The van der Waals surface area contributed by atoms with E-state index in [2.05, 4.69) is 158 Å². The Hall–Kier alpha value is -11.3. The van der Waals surface area contributed by atoms with E-state index in [1.54, 1.807) is 51.9 Å². The van der Waals surface area contributed by atoms with Crippen LogP contribution in [0.3, 0.4) is 0 Å². The van der Waals surface area contributed by atoms with Crippen molar-refractivity contribution in [2.24, 2.45) is 0 Å². The summed E-state index contributed by atoms with van der Waals surface area (Å²) in [7, 11) is 6.79. The number of nitrogens with zero attached hydrogens (tertiary/aromatic N) is 2. The highest BCUT2D eigenvalue weighted by molar-refractivity contribution is 7.21. The maximum Gasteiger partial charge on any atom is 0.131 e. The average Bonchev–Trinajstić information content (AvgIpc) is 1.55. The van der Waals surface area contributed by atoms with Crippen LogP contribution in [0.25, 0.3) is 109 Å². The normalized spacial score (nSPS) is 13.2. The fourth-order valence-electron chi connectivity index (χ4n) is 15.3. The third-order valence-electron chi connectivity index (χ3n) is 19.5. The molecule has 9 heteroatoms. The number of methoxy groups -OCH3 is 4. The summed E-state index contributed by atoms with van der Waals surface area (Å²) in [5.74, 6) is 2.39. The maximum atomic E-state index is 16.1. The van der Waals surface area contributed by atoms with Crippen molar-refractivity contribution in [2.75, 3.05) is 28.4 Å². The lowest BCUT2D eigenvalue weighted by Crippen LogP contribution is -2.28. The van der Waals surface area contributed by atoms with Gasteiger partial charge in [0.2, 0.25) is 0 Å². The first-order valence-electron chi connectivity index (χ1n) is 30.9. The minimum atomic E-state index is -0.793. The van der Waals surface area contributed by atoms with Crippen molar-refractivity contribution < 1.29 is 27.7 Å². The molecule has 0 N–H and O–H groups in total. The Bertz CT molecular complexity index is 5090. The van der Waals surface area contributed by atoms with Crippen molar-refractivity contribution in [2.45, 2.75) is 10.8 Å². The monoisotopic (exact) mass is 1230 g/mol. The van der Waals surface area contributed by atoms with Gasteiger partial charge in [-0.25, -0.2) is 18.7 Å². The number of benzene rings is 13. The van der Waals surface area contributed by atoms with Crippen LogP contribution in [0.4, 0.5) is 8.78 Å². The number of ether oxygens (including phenoxy) is 4. The molecule has 2 aliphatic rings. The van der Waals surface area contributed by atoms with Crippen LogP contribution < -0.4 is 18.9 Å². The summed E-state index contributed by atoms with van der Waals surface area (Å²) in [4.78, 5) is 14.0. The molecule has 13 aromatic carbocycles. The van der Waals surface area contributed by atoms with E-state index in [9.17, 15) is 0 Å². The summed E-state index contributed by atoms with van der Waals surface area (Å²) >= 11 is 1.70. The Morgan fingerprint density at radius 1 is 0.290 bits per heavy atom. The Balaban J connectivity index is 1.02. The predicted molar refractivity (Wildman–Crippen MR) is 372 cm³/mol. The highest BCUT2D eigenvalue weighted by atomic mass is 32.1. The summed E-state index contributed by atoms with van der Waals surface area (Å²) in [6, 6.07) is 90.8. The zero-order valence-corrected chi connectivity index (χ0v) is 51.9. The van der Waals surface area contributed by atoms with Crippen LogP contribution in [0.15, 0.2) is 267 Å². The number of hydrogen-bond acceptors (Lipinski definition) is 7. The summed E-state index contributed by atoms with van der Waals surface area (Å²) in [6.45, 7) is 0. The van der Waals surface area contributed by atoms with Crippen molar-refractivity contribution in [1.82, 2.24) is 9.97 Å². The summed E-state index contributed by atoms with van der Waals surface area (Å²) in [5, 5.41) is 3.44. The molecule has 0 amide bonds. The molecule has 2 aliphatic carbocycles. The molecule has 0 atom stereocenters. The van der Waals surface area contributed by atoms with Gasteiger partial charge in [0.25, 0.3) is 0 Å². The highest BCUT2D eigenvalue weighted by Gasteiger charge is 2.49. The molecule has 93 heavy (non-hydrogen) atoms. The molecule has 0 spiro atoms. The van der Waals surface area contributed by atoms with Crippen LogP contribution in [0.2, 0.25) is 0 Å². The first-order chi connectivity index (χ1) is 45.7. The van der Waals surface area contributed by atoms with Crippen molar-refractivity contribution in [3.63, 3.8) is 0 Å². The van der Waals surface area contributed by atoms with Crippen LogP contribution in [-0.2, 0) is 10.8 Å². The van der Waals surface area contributed by atoms with Crippen molar-refractivity contribution in [3.05, 3.63) is 323 Å². The molecule has 17 rings (SSSR count). The molecule has 0 aliphatic heterocycles. The quantitative estimate of drug-likeness (QED) is 0.114. The van der Waals surface area contributed by atoms with Gasteiger partial charge >= 0.3 is 0 Å². The largest absolute Gasteiger partial charge is 0.497 e. The molecule has 2 aromatic heterocycles. The third kappa shape index (κ3) is 8.22. The van der Waals surface area contributed by atoms with E-state index in [0.29, 0.717) is 44.3 Å². The van der Waals surface area contributed by atoms with E-state index in [4.69, 9.17) is 28.9 Å². The first kappa shape index (κ1) is 55.8. The summed E-state index contributed by atoms with van der Waals surface area (Å²) in [5.41, 5.74) is 18.6. The fraction of sp³-hybridized carbons (Fsp3) is 0.0714. The Kier molecular flexibility index (Phi) is 13.0. The van der Waals surface area contributed by atoms with Gasteiger partial charge in [0.05, 0.1) is 60.1 Å². The van der Waals surface area contributed by atoms with E-state index >= 15 is 8.78 Å². The number of rotatable bonds is 12. The van der Waals surface area contributed by atoms with Crippen molar-refractivity contribution >= 4 is 54.9 Å². The van der Waals surface area contributed by atoms with Gasteiger partial charge in [-0.1, -0.05) is 194 Å². The SMILES string of the molecule is COc1ccc(C2(c3ccc(OC)cc3)c3ccccc3-c3c(-c4sc(-c5cccc6c5-c5ccccc5C6(c5ccc(OC)cc5)c5ccc(OC)cc5)c5nc6c7cc(-c8ccccc8F)ccc7c7ccc(-c8ccccc8F)cc7c6nc45)cccc32)cc1. The van der Waals surface area contributed by atoms with Gasteiger partial charge in [-0.05, 0) is 161 Å². The lowest BCUT2D eigenvalue weighted by molar-refractivity contribution is 0.414. The number of thiophene rings is 1. The average molecular weight is 1230 g/mol. The van der Waals surface area contributed by atoms with Crippen LogP contribution in [0.5, 0.6) is 23.0 Å². The fourth-order valence-corrected chi connectivity index (χ4v) is 16.6. The van der Waals surface area contributed by atoms with Gasteiger partial charge in [0.1, 0.15) is 45.7 Å². The van der Waals surface area contributed by atoms with Crippen LogP contribution in [0.1, 0.15) is 44.5 Å². The van der Waals surface area contributed by atoms with Gasteiger partial charge in [-0.15, -0.1) is 11.3 Å². The molecule has 0 saturated carbocycles. The van der Waals surface area contributed by atoms with Gasteiger partial charge in [-0.2, -0.15) is 0 Å². The maximum absolute atomic E-state index is 16.1. The predicted octanol–water partition coefficient (Wildman–Crippen LogP) is 20.9. The van der Waals surface area contributed by atoms with Crippen molar-refractivity contribution in [3.8, 4) is 88.4 Å². The summed E-state index contributed by atoms with van der Waals surface area (Å²) < 4.78 is 55.3. The van der Waals surface area contributed by atoms with E-state index in [0.717, 1.165) is 132 Å². The minimum absolute atomic E-state index is 0.326. The lowest BCUT2D eigenvalue weighted by Gasteiger charge is -2.34. The van der Waals surface area contributed by atoms with Crippen molar-refractivity contribution in [1.29, 1.82) is 0 Å². The Morgan fingerprint density at radius 3 is 0.946 bits per heavy atom. The second-order valence-electron chi connectivity index (χ2n) is 23.8. The third-order valence-corrected chi connectivity index (χ3v) is 20.7. The van der Waals surface area contributed by atoms with E-state index in [1.807, 2.05) is 84.9 Å². The minimum Gasteiger partial charge on any atom is -0.497 e. The second kappa shape index (κ2) is 21.7. The molecule has 6 nitrogen and oxygen atoms in total. The molecule has 0 bridgehead atoms. The van der Waals surface area contributed by atoms with Crippen LogP contribution in [-0.4, -0.2) is 38.4 Å². The van der Waals surface area contributed by atoms with Gasteiger partial charge in [0.15, 0.2) is 0 Å². The van der Waals surface area contributed by atoms with Gasteiger partial charge in [-0.3, -0.25) is 0 Å². The number of aromatic nitrogens is 2. The molecule has 15 aromatic rings. The molecule has 2 heterocycles. The summed E-state index contributed by atoms with van der Waals surface area (Å²) in [6.07, 6.45) is 0. The number of hydrogen-bond donors (Lipinski definition) is 0. The molecular formula is C84H56F2N2O4S. The van der Waals surface area contributed by atoms with Crippen LogP contribution in [0, 0.1) is 11.6 Å². The van der Waals surface area contributed by atoms with Crippen LogP contribution >= 0.6 is 11.3 Å². The van der Waals surface area contributed by atoms with Gasteiger partial charge < -0.3 is 18.9 Å². The molecule has 0 saturated heterocycles. The zero-order chi connectivity index (χ0) is 62.7. The van der Waals surface area contributed by atoms with E-state index in [1.165, 1.54) is 12.1 Å². The number of fused-ring (bicyclic) bond motifs is 13. The smallest absolute Gasteiger partial charge is 0.131 e. The van der Waals surface area contributed by atoms with E-state index < -0.39 is 10.8 Å².